The summed E-state index contributed by atoms with van der Waals surface area (Å²) < 4.78 is 10.9. The Hall–Kier alpha value is -0.750. The predicted molar refractivity (Wildman–Crippen MR) is 59.0 cm³/mol. The van der Waals surface area contributed by atoms with Crippen molar-refractivity contribution < 1.29 is 19.1 Å². The van der Waals surface area contributed by atoms with Gasteiger partial charge in [-0.25, -0.2) is 0 Å². The number of hydroxylamine groups is 2. The molecule has 0 aromatic rings. The van der Waals surface area contributed by atoms with Crippen molar-refractivity contribution in [2.24, 2.45) is 5.92 Å². The highest BCUT2D eigenvalue weighted by molar-refractivity contribution is 5.94. The second-order valence-electron chi connectivity index (χ2n) is 4.77. The van der Waals surface area contributed by atoms with E-state index >= 15 is 0 Å². The second-order valence-corrected chi connectivity index (χ2v) is 4.77. The van der Waals surface area contributed by atoms with Gasteiger partial charge in [-0.2, -0.15) is 5.06 Å². The maximum absolute atomic E-state index is 12.0. The Kier molecular flexibility index (Phi) is 2.59. The molecule has 5 heteroatoms. The Labute approximate surface area is 100 Å². The SMILES string of the molecule is COC1(OC)C=CC(=O)[C@@H]2[C@H]1ON1CCC[C@@H]21. The maximum atomic E-state index is 12.0. The van der Waals surface area contributed by atoms with Gasteiger partial charge in [0.05, 0.1) is 5.92 Å². The summed E-state index contributed by atoms with van der Waals surface area (Å²) in [6.07, 6.45) is 4.96. The molecular formula is C12H17NO4. The number of fused-ring (bicyclic) bond motifs is 3. The van der Waals surface area contributed by atoms with Gasteiger partial charge in [0.25, 0.3) is 0 Å². The van der Waals surface area contributed by atoms with E-state index in [1.807, 2.05) is 5.06 Å². The molecule has 0 bridgehead atoms. The van der Waals surface area contributed by atoms with Crippen LogP contribution in [0.2, 0.25) is 0 Å². The summed E-state index contributed by atoms with van der Waals surface area (Å²) in [6.45, 7) is 0.883. The number of hydrogen-bond donors (Lipinski definition) is 0. The van der Waals surface area contributed by atoms with Crippen LogP contribution in [0.25, 0.3) is 0 Å². The lowest BCUT2D eigenvalue weighted by Gasteiger charge is -2.37. The van der Waals surface area contributed by atoms with Crippen LogP contribution in [0.15, 0.2) is 12.2 Å². The van der Waals surface area contributed by atoms with Crippen LogP contribution in [0.1, 0.15) is 12.8 Å². The number of hydrogen-bond acceptors (Lipinski definition) is 5. The van der Waals surface area contributed by atoms with Crippen LogP contribution in [-0.2, 0) is 19.1 Å². The van der Waals surface area contributed by atoms with Crippen molar-refractivity contribution in [2.45, 2.75) is 30.8 Å². The Morgan fingerprint density at radius 1 is 1.47 bits per heavy atom. The molecule has 0 radical (unpaired) electrons. The molecule has 0 amide bonds. The molecule has 0 saturated carbocycles. The lowest BCUT2D eigenvalue weighted by molar-refractivity contribution is -0.277. The molecule has 94 valence electrons. The van der Waals surface area contributed by atoms with Crippen molar-refractivity contribution in [2.75, 3.05) is 20.8 Å². The molecule has 0 aromatic heterocycles. The van der Waals surface area contributed by atoms with Gasteiger partial charge < -0.3 is 9.47 Å². The van der Waals surface area contributed by atoms with Gasteiger partial charge in [0.15, 0.2) is 5.78 Å². The van der Waals surface area contributed by atoms with E-state index in [0.717, 1.165) is 19.4 Å². The second kappa shape index (κ2) is 3.88. The first kappa shape index (κ1) is 11.3. The largest absolute Gasteiger partial charge is 0.348 e. The molecule has 3 atom stereocenters. The summed E-state index contributed by atoms with van der Waals surface area (Å²) in [4.78, 5) is 17.9. The van der Waals surface area contributed by atoms with Crippen molar-refractivity contribution in [1.82, 2.24) is 5.06 Å². The zero-order valence-corrected chi connectivity index (χ0v) is 10.1. The summed E-state index contributed by atoms with van der Waals surface area (Å²) in [5.74, 6) is -0.973. The zero-order valence-electron chi connectivity index (χ0n) is 10.1. The fourth-order valence-corrected chi connectivity index (χ4v) is 3.19. The van der Waals surface area contributed by atoms with Gasteiger partial charge in [-0.15, -0.1) is 0 Å². The van der Waals surface area contributed by atoms with Crippen LogP contribution in [0.4, 0.5) is 0 Å². The molecule has 3 aliphatic rings. The molecule has 3 rings (SSSR count). The van der Waals surface area contributed by atoms with Gasteiger partial charge in [0, 0.05) is 26.8 Å². The van der Waals surface area contributed by atoms with E-state index in [4.69, 9.17) is 14.3 Å². The molecule has 17 heavy (non-hydrogen) atoms. The minimum atomic E-state index is -0.928. The fraction of sp³-hybridized carbons (Fsp3) is 0.750. The van der Waals surface area contributed by atoms with E-state index in [0.29, 0.717) is 0 Å². The average Bonchev–Trinajstić information content (AvgIpc) is 2.90. The standard InChI is InChI=1S/C12H17NO4/c1-15-12(16-2)6-5-9(14)10-8-4-3-7-13(8)17-11(10)12/h5-6,8,10-11H,3-4,7H2,1-2H3/t8-,10+,11+/m0/s1. The van der Waals surface area contributed by atoms with Crippen molar-refractivity contribution in [1.29, 1.82) is 0 Å². The number of allylic oxidation sites excluding steroid dienone is 1. The first-order chi connectivity index (χ1) is 8.22. The lowest BCUT2D eigenvalue weighted by Crippen LogP contribution is -2.52. The summed E-state index contributed by atoms with van der Waals surface area (Å²) in [5, 5.41) is 1.92. The van der Waals surface area contributed by atoms with Crippen LogP contribution in [-0.4, -0.2) is 49.5 Å². The van der Waals surface area contributed by atoms with E-state index in [2.05, 4.69) is 0 Å². The molecule has 0 aromatic carbocycles. The number of methoxy groups -OCH3 is 2. The van der Waals surface area contributed by atoms with Gasteiger partial charge in [0.2, 0.25) is 5.79 Å². The first-order valence-corrected chi connectivity index (χ1v) is 5.98. The highest BCUT2D eigenvalue weighted by Gasteiger charge is 2.59. The molecule has 5 nitrogen and oxygen atoms in total. The molecule has 1 aliphatic carbocycles. The van der Waals surface area contributed by atoms with Crippen LogP contribution >= 0.6 is 0 Å². The number of rotatable bonds is 2. The van der Waals surface area contributed by atoms with Crippen molar-refractivity contribution in [3.63, 3.8) is 0 Å². The van der Waals surface area contributed by atoms with Crippen molar-refractivity contribution >= 4 is 5.78 Å². The third kappa shape index (κ3) is 1.43. The summed E-state index contributed by atoms with van der Waals surface area (Å²) in [5.41, 5.74) is 0. The topological polar surface area (TPSA) is 48.0 Å². The number of ketones is 1. The summed E-state index contributed by atoms with van der Waals surface area (Å²) in [7, 11) is 3.15. The van der Waals surface area contributed by atoms with Gasteiger partial charge in [-0.1, -0.05) is 0 Å². The number of ether oxygens (including phenoxy) is 2. The Balaban J connectivity index is 1.98. The Morgan fingerprint density at radius 2 is 2.24 bits per heavy atom. The fourth-order valence-electron chi connectivity index (χ4n) is 3.19. The van der Waals surface area contributed by atoms with E-state index in [1.165, 1.54) is 0 Å². The van der Waals surface area contributed by atoms with E-state index in [-0.39, 0.29) is 23.8 Å². The predicted octanol–water partition coefficient (Wildman–Crippen LogP) is 0.509. The van der Waals surface area contributed by atoms with Gasteiger partial charge in [-0.05, 0) is 25.0 Å². The molecule has 0 unspecified atom stereocenters. The first-order valence-electron chi connectivity index (χ1n) is 5.98. The van der Waals surface area contributed by atoms with Crippen molar-refractivity contribution in [3.05, 3.63) is 12.2 Å². The smallest absolute Gasteiger partial charge is 0.217 e. The van der Waals surface area contributed by atoms with E-state index < -0.39 is 5.79 Å². The number of nitrogens with zero attached hydrogens (tertiary/aromatic N) is 1. The summed E-state index contributed by atoms with van der Waals surface area (Å²) in [6, 6.07) is 0.183. The molecule has 0 spiro atoms. The normalized spacial score (nSPS) is 39.4. The van der Waals surface area contributed by atoms with Crippen LogP contribution in [0.3, 0.4) is 0 Å². The summed E-state index contributed by atoms with van der Waals surface area (Å²) >= 11 is 0. The molecule has 2 heterocycles. The lowest BCUT2D eigenvalue weighted by atomic mass is 9.81. The van der Waals surface area contributed by atoms with Gasteiger partial charge in [-0.3, -0.25) is 9.63 Å². The third-order valence-electron chi connectivity index (χ3n) is 4.08. The van der Waals surface area contributed by atoms with Gasteiger partial charge in [0.1, 0.15) is 6.10 Å². The van der Waals surface area contributed by atoms with Gasteiger partial charge >= 0.3 is 0 Å². The minimum Gasteiger partial charge on any atom is -0.348 e. The van der Waals surface area contributed by atoms with Crippen LogP contribution < -0.4 is 0 Å². The molecule has 0 N–H and O–H groups in total. The quantitative estimate of drug-likeness (QED) is 0.657. The zero-order chi connectivity index (χ0) is 12.0. The monoisotopic (exact) mass is 239 g/mol. The molecular weight excluding hydrogens is 222 g/mol. The Morgan fingerprint density at radius 3 is 2.94 bits per heavy atom. The highest BCUT2D eigenvalue weighted by atomic mass is 16.8. The van der Waals surface area contributed by atoms with Crippen LogP contribution in [0, 0.1) is 5.92 Å². The molecule has 2 saturated heterocycles. The van der Waals surface area contributed by atoms with Crippen molar-refractivity contribution in [3.8, 4) is 0 Å². The maximum Gasteiger partial charge on any atom is 0.217 e. The van der Waals surface area contributed by atoms with E-state index in [9.17, 15) is 4.79 Å². The van der Waals surface area contributed by atoms with Crippen LogP contribution in [0.5, 0.6) is 0 Å². The number of carbonyl (C=O) groups excluding carboxylic acids is 1. The minimum absolute atomic E-state index is 0.120. The molecule has 2 fully saturated rings. The third-order valence-corrected chi connectivity index (χ3v) is 4.08. The highest BCUT2D eigenvalue weighted by Crippen LogP contribution is 2.44. The average molecular weight is 239 g/mol. The van der Waals surface area contributed by atoms with E-state index in [1.54, 1.807) is 26.4 Å². The molecule has 2 aliphatic heterocycles. The Bertz CT molecular complexity index is 364. The number of carbonyl (C=O) groups is 1.